The zero-order chi connectivity index (χ0) is 18.2. The van der Waals surface area contributed by atoms with Crippen LogP contribution in [0.1, 0.15) is 10.4 Å². The molecule has 25 heavy (non-hydrogen) atoms. The summed E-state index contributed by atoms with van der Waals surface area (Å²) in [4.78, 5) is 16.8. The van der Waals surface area contributed by atoms with Crippen LogP contribution in [0.2, 0.25) is 0 Å². The van der Waals surface area contributed by atoms with Gasteiger partial charge >= 0.3 is 0 Å². The lowest BCUT2D eigenvalue weighted by molar-refractivity contribution is 0.0926. The van der Waals surface area contributed by atoms with Crippen LogP contribution >= 0.6 is 0 Å². The van der Waals surface area contributed by atoms with E-state index in [1.807, 2.05) is 17.7 Å². The predicted octanol–water partition coefficient (Wildman–Crippen LogP) is 0.210. The lowest BCUT2D eigenvalue weighted by atomic mass is 10.1. The number of rotatable bonds is 5. The first-order valence-electron chi connectivity index (χ1n) is 7.98. The predicted molar refractivity (Wildman–Crippen MR) is 93.8 cm³/mol. The maximum Gasteiger partial charge on any atom is 0.251 e. The number of hydrogen-bond acceptors (Lipinski definition) is 5. The molecule has 9 heteroatoms. The standard InChI is InChI=1S/C16H22N4O4S/c1-19(2)25(22,23)9-12-7-24-8-14(12)18-16(21)11-4-5-15-13(6-11)17-10-20(15)3/h4-6,10,12,14H,7-9H2,1-3H3,(H,18,21)/t12-,14-/m0/s1. The summed E-state index contributed by atoms with van der Waals surface area (Å²) >= 11 is 0. The SMILES string of the molecule is CN(C)S(=O)(=O)C[C@@H]1COC[C@@H]1NC(=O)c1ccc2c(c1)ncn2C. The number of aryl methyl sites for hydroxylation is 1. The van der Waals surface area contributed by atoms with Crippen LogP contribution in [0.3, 0.4) is 0 Å². The van der Waals surface area contributed by atoms with Crippen molar-refractivity contribution >= 4 is 27.0 Å². The molecule has 0 saturated carbocycles. The third-order valence-electron chi connectivity index (χ3n) is 4.48. The van der Waals surface area contributed by atoms with Gasteiger partial charge in [0.15, 0.2) is 0 Å². The summed E-state index contributed by atoms with van der Waals surface area (Å²) in [7, 11) is 1.54. The highest BCUT2D eigenvalue weighted by Gasteiger charge is 2.34. The first kappa shape index (κ1) is 17.8. The van der Waals surface area contributed by atoms with Gasteiger partial charge in [0.1, 0.15) is 0 Å². The quantitative estimate of drug-likeness (QED) is 0.816. The molecule has 0 radical (unpaired) electrons. The first-order chi connectivity index (χ1) is 11.8. The Hall–Kier alpha value is -1.97. The highest BCUT2D eigenvalue weighted by Crippen LogP contribution is 2.19. The highest BCUT2D eigenvalue weighted by atomic mass is 32.2. The Morgan fingerprint density at radius 2 is 2.16 bits per heavy atom. The molecular weight excluding hydrogens is 344 g/mol. The van der Waals surface area contributed by atoms with E-state index < -0.39 is 10.0 Å². The van der Waals surface area contributed by atoms with Gasteiger partial charge in [-0.3, -0.25) is 4.79 Å². The molecule has 2 aromatic rings. The fraction of sp³-hybridized carbons (Fsp3) is 0.500. The largest absolute Gasteiger partial charge is 0.379 e. The lowest BCUT2D eigenvalue weighted by Gasteiger charge is -2.21. The van der Waals surface area contributed by atoms with E-state index in [9.17, 15) is 13.2 Å². The molecule has 1 saturated heterocycles. The minimum Gasteiger partial charge on any atom is -0.379 e. The van der Waals surface area contributed by atoms with Crippen LogP contribution in [0, 0.1) is 5.92 Å². The number of carbonyl (C=O) groups is 1. The maximum atomic E-state index is 12.5. The van der Waals surface area contributed by atoms with Gasteiger partial charge in [-0.15, -0.1) is 0 Å². The van der Waals surface area contributed by atoms with Gasteiger partial charge in [-0.25, -0.2) is 17.7 Å². The van der Waals surface area contributed by atoms with Crippen molar-refractivity contribution in [3.05, 3.63) is 30.1 Å². The molecule has 0 spiro atoms. The van der Waals surface area contributed by atoms with Gasteiger partial charge in [-0.05, 0) is 18.2 Å². The van der Waals surface area contributed by atoms with Crippen LogP contribution in [-0.2, 0) is 21.8 Å². The van der Waals surface area contributed by atoms with Crippen molar-refractivity contribution in [3.8, 4) is 0 Å². The fourth-order valence-electron chi connectivity index (χ4n) is 2.87. The van der Waals surface area contributed by atoms with Crippen molar-refractivity contribution in [1.82, 2.24) is 19.2 Å². The molecule has 0 aliphatic carbocycles. The summed E-state index contributed by atoms with van der Waals surface area (Å²) in [6, 6.07) is 4.98. The maximum absolute atomic E-state index is 12.5. The number of benzene rings is 1. The second-order valence-electron chi connectivity index (χ2n) is 6.50. The summed E-state index contributed by atoms with van der Waals surface area (Å²) in [5.41, 5.74) is 2.17. The van der Waals surface area contributed by atoms with Crippen LogP contribution in [0.15, 0.2) is 24.5 Å². The van der Waals surface area contributed by atoms with E-state index in [0.717, 1.165) is 11.0 Å². The second kappa shape index (κ2) is 6.74. The Balaban J connectivity index is 1.72. The Morgan fingerprint density at radius 1 is 1.40 bits per heavy atom. The zero-order valence-corrected chi connectivity index (χ0v) is 15.3. The molecular formula is C16H22N4O4S. The number of aromatic nitrogens is 2. The van der Waals surface area contributed by atoms with Crippen LogP contribution < -0.4 is 5.32 Å². The zero-order valence-electron chi connectivity index (χ0n) is 14.5. The van der Waals surface area contributed by atoms with Crippen molar-refractivity contribution in [2.24, 2.45) is 13.0 Å². The molecule has 2 atom stereocenters. The Kier molecular flexibility index (Phi) is 4.81. The van der Waals surface area contributed by atoms with Gasteiger partial charge in [0.25, 0.3) is 5.91 Å². The van der Waals surface area contributed by atoms with Crippen LogP contribution in [-0.4, -0.2) is 67.3 Å². The van der Waals surface area contributed by atoms with Gasteiger partial charge in [-0.1, -0.05) is 0 Å². The molecule has 1 aromatic carbocycles. The Bertz CT molecular complexity index is 891. The number of fused-ring (bicyclic) bond motifs is 1. The highest BCUT2D eigenvalue weighted by molar-refractivity contribution is 7.89. The van der Waals surface area contributed by atoms with E-state index in [-0.39, 0.29) is 23.6 Å². The van der Waals surface area contributed by atoms with E-state index in [1.54, 1.807) is 18.5 Å². The van der Waals surface area contributed by atoms with Crippen molar-refractivity contribution in [2.45, 2.75) is 6.04 Å². The number of ether oxygens (including phenoxy) is 1. The van der Waals surface area contributed by atoms with Crippen molar-refractivity contribution in [1.29, 1.82) is 0 Å². The van der Waals surface area contributed by atoms with Gasteiger partial charge < -0.3 is 14.6 Å². The first-order valence-corrected chi connectivity index (χ1v) is 9.59. The number of hydrogen-bond donors (Lipinski definition) is 1. The second-order valence-corrected chi connectivity index (χ2v) is 8.72. The molecule has 1 aromatic heterocycles. The summed E-state index contributed by atoms with van der Waals surface area (Å²) in [5.74, 6) is -0.574. The molecule has 1 fully saturated rings. The smallest absolute Gasteiger partial charge is 0.251 e. The number of amides is 1. The van der Waals surface area contributed by atoms with Gasteiger partial charge in [0, 0.05) is 32.6 Å². The normalized spacial score (nSPS) is 21.1. The molecule has 1 aliphatic heterocycles. The van der Waals surface area contributed by atoms with E-state index in [4.69, 9.17) is 4.74 Å². The van der Waals surface area contributed by atoms with Crippen LogP contribution in [0.5, 0.6) is 0 Å². The van der Waals surface area contributed by atoms with Gasteiger partial charge in [0.05, 0.1) is 42.4 Å². The number of carbonyl (C=O) groups excluding carboxylic acids is 1. The topological polar surface area (TPSA) is 93.5 Å². The molecule has 8 nitrogen and oxygen atoms in total. The molecule has 1 N–H and O–H groups in total. The number of imidazole rings is 1. The van der Waals surface area contributed by atoms with Gasteiger partial charge in [0.2, 0.25) is 10.0 Å². The molecule has 2 heterocycles. The summed E-state index contributed by atoms with van der Waals surface area (Å²) in [6.07, 6.45) is 1.69. The van der Waals surface area contributed by atoms with E-state index >= 15 is 0 Å². The number of sulfonamides is 1. The van der Waals surface area contributed by atoms with Crippen molar-refractivity contribution in [3.63, 3.8) is 0 Å². The monoisotopic (exact) mass is 366 g/mol. The van der Waals surface area contributed by atoms with Crippen molar-refractivity contribution < 1.29 is 17.9 Å². The Labute approximate surface area is 146 Å². The summed E-state index contributed by atoms with van der Waals surface area (Å²) < 4.78 is 32.6. The summed E-state index contributed by atoms with van der Waals surface area (Å²) in [5, 5.41) is 2.90. The van der Waals surface area contributed by atoms with Crippen LogP contribution in [0.4, 0.5) is 0 Å². The van der Waals surface area contributed by atoms with Crippen molar-refractivity contribution in [2.75, 3.05) is 33.1 Å². The van der Waals surface area contributed by atoms with Crippen LogP contribution in [0.25, 0.3) is 11.0 Å². The third-order valence-corrected chi connectivity index (χ3v) is 6.45. The Morgan fingerprint density at radius 3 is 2.88 bits per heavy atom. The van der Waals surface area contributed by atoms with E-state index in [0.29, 0.717) is 18.8 Å². The summed E-state index contributed by atoms with van der Waals surface area (Å²) in [6.45, 7) is 0.627. The molecule has 3 rings (SSSR count). The average Bonchev–Trinajstić information content (AvgIpc) is 3.13. The molecule has 1 amide bonds. The molecule has 136 valence electrons. The minimum atomic E-state index is -3.35. The molecule has 1 aliphatic rings. The molecule has 0 bridgehead atoms. The molecule has 0 unspecified atom stereocenters. The lowest BCUT2D eigenvalue weighted by Crippen LogP contribution is -2.43. The number of nitrogens with zero attached hydrogens (tertiary/aromatic N) is 3. The fourth-order valence-corrected chi connectivity index (χ4v) is 4.04. The van der Waals surface area contributed by atoms with Gasteiger partial charge in [-0.2, -0.15) is 0 Å². The van der Waals surface area contributed by atoms with E-state index in [2.05, 4.69) is 10.3 Å². The average molecular weight is 366 g/mol. The third kappa shape index (κ3) is 3.68. The number of nitrogens with one attached hydrogen (secondary N) is 1. The minimum absolute atomic E-state index is 0.0514. The van der Waals surface area contributed by atoms with E-state index in [1.165, 1.54) is 18.4 Å².